The first kappa shape index (κ1) is 13.7. The van der Waals surface area contributed by atoms with E-state index in [-0.39, 0.29) is 5.56 Å². The minimum atomic E-state index is -0.974. The number of benzene rings is 2. The van der Waals surface area contributed by atoms with Gasteiger partial charge in [-0.05, 0) is 23.8 Å². The maximum Gasteiger partial charge on any atom is 0.335 e. The van der Waals surface area contributed by atoms with E-state index in [1.54, 1.807) is 29.0 Å². The number of carboxylic acids is 1. The van der Waals surface area contributed by atoms with Gasteiger partial charge in [0.2, 0.25) is 0 Å². The fourth-order valence-electron chi connectivity index (χ4n) is 2.34. The normalized spacial score (nSPS) is 10.1. The van der Waals surface area contributed by atoms with Crippen LogP contribution in [0.3, 0.4) is 0 Å². The van der Waals surface area contributed by atoms with Crippen molar-refractivity contribution in [3.63, 3.8) is 0 Å². The molecule has 4 nitrogen and oxygen atoms in total. The largest absolute Gasteiger partial charge is 0.478 e. The molecule has 0 aliphatic carbocycles. The van der Waals surface area contributed by atoms with Gasteiger partial charge >= 0.3 is 5.97 Å². The lowest BCUT2D eigenvalue weighted by atomic mass is 10.1. The zero-order valence-electron chi connectivity index (χ0n) is 11.6. The Morgan fingerprint density at radius 3 is 2.50 bits per heavy atom. The molecule has 4 heteroatoms. The predicted octanol–water partition coefficient (Wildman–Crippen LogP) is 3.71. The Labute approximate surface area is 127 Å². The van der Waals surface area contributed by atoms with Crippen molar-refractivity contribution in [2.75, 3.05) is 0 Å². The van der Waals surface area contributed by atoms with Crippen LogP contribution in [0.1, 0.15) is 15.9 Å². The van der Waals surface area contributed by atoms with Crippen LogP contribution in [0, 0.1) is 11.3 Å². The number of hydrogen-bond donors (Lipinski definition) is 1. The summed E-state index contributed by atoms with van der Waals surface area (Å²) in [7, 11) is 0. The molecule has 0 atom stereocenters. The molecular formula is C18H12N2O2. The van der Waals surface area contributed by atoms with Gasteiger partial charge in [0.25, 0.3) is 0 Å². The van der Waals surface area contributed by atoms with E-state index in [0.717, 1.165) is 11.1 Å². The third-order valence-electron chi connectivity index (χ3n) is 3.42. The van der Waals surface area contributed by atoms with Gasteiger partial charge in [-0.3, -0.25) is 0 Å². The van der Waals surface area contributed by atoms with Gasteiger partial charge in [-0.1, -0.05) is 36.4 Å². The highest BCUT2D eigenvalue weighted by atomic mass is 16.4. The smallest absolute Gasteiger partial charge is 0.335 e. The lowest BCUT2D eigenvalue weighted by molar-refractivity contribution is 0.0697. The van der Waals surface area contributed by atoms with Crippen LogP contribution >= 0.6 is 0 Å². The summed E-state index contributed by atoms with van der Waals surface area (Å²) < 4.78 is 1.77. The standard InChI is InChI=1S/C18H12N2O2/c19-10-15-11-20(12-17(15)13-5-2-1-3-6-13)16-8-4-7-14(9-16)18(21)22/h1-9,11-12H,(H,21,22). The topological polar surface area (TPSA) is 66.0 Å². The summed E-state index contributed by atoms with van der Waals surface area (Å²) in [6, 6.07) is 18.4. The second-order valence-electron chi connectivity index (χ2n) is 4.83. The van der Waals surface area contributed by atoms with Crippen LogP contribution in [0.4, 0.5) is 0 Å². The monoisotopic (exact) mass is 288 g/mol. The van der Waals surface area contributed by atoms with Crippen molar-refractivity contribution in [2.45, 2.75) is 0 Å². The molecule has 0 aliphatic rings. The summed E-state index contributed by atoms with van der Waals surface area (Å²) in [4.78, 5) is 11.1. The quantitative estimate of drug-likeness (QED) is 0.798. The van der Waals surface area contributed by atoms with Gasteiger partial charge in [-0.2, -0.15) is 5.26 Å². The number of hydrogen-bond acceptors (Lipinski definition) is 2. The van der Waals surface area contributed by atoms with Gasteiger partial charge in [0.15, 0.2) is 0 Å². The lowest BCUT2D eigenvalue weighted by Crippen LogP contribution is -1.98. The summed E-state index contributed by atoms with van der Waals surface area (Å²) >= 11 is 0. The van der Waals surface area contributed by atoms with Crippen LogP contribution in [-0.2, 0) is 0 Å². The number of nitriles is 1. The van der Waals surface area contributed by atoms with Crippen molar-refractivity contribution >= 4 is 5.97 Å². The van der Waals surface area contributed by atoms with E-state index in [2.05, 4.69) is 6.07 Å². The van der Waals surface area contributed by atoms with Gasteiger partial charge < -0.3 is 9.67 Å². The van der Waals surface area contributed by atoms with E-state index in [1.807, 2.05) is 42.6 Å². The number of aromatic carboxylic acids is 1. The molecule has 0 amide bonds. The van der Waals surface area contributed by atoms with Crippen molar-refractivity contribution in [3.8, 4) is 22.9 Å². The maximum atomic E-state index is 11.1. The Morgan fingerprint density at radius 1 is 1.05 bits per heavy atom. The third kappa shape index (κ3) is 2.48. The van der Waals surface area contributed by atoms with E-state index >= 15 is 0 Å². The fraction of sp³-hybridized carbons (Fsp3) is 0. The first-order chi connectivity index (χ1) is 10.7. The average molecular weight is 288 g/mol. The van der Waals surface area contributed by atoms with Crippen molar-refractivity contribution in [3.05, 3.63) is 78.1 Å². The van der Waals surface area contributed by atoms with E-state index in [4.69, 9.17) is 5.11 Å². The van der Waals surface area contributed by atoms with Gasteiger partial charge in [0.1, 0.15) is 6.07 Å². The molecule has 2 aromatic carbocycles. The highest BCUT2D eigenvalue weighted by Crippen LogP contribution is 2.26. The molecule has 0 saturated carbocycles. The molecule has 0 saturated heterocycles. The SMILES string of the molecule is N#Cc1cn(-c2cccc(C(=O)O)c2)cc1-c1ccccc1. The highest BCUT2D eigenvalue weighted by molar-refractivity contribution is 5.88. The Kier molecular flexibility index (Phi) is 3.47. The molecule has 1 aromatic heterocycles. The van der Waals surface area contributed by atoms with Gasteiger partial charge in [-0.15, -0.1) is 0 Å². The molecule has 0 fully saturated rings. The molecule has 3 rings (SSSR count). The molecule has 106 valence electrons. The lowest BCUT2D eigenvalue weighted by Gasteiger charge is -2.03. The van der Waals surface area contributed by atoms with E-state index in [1.165, 1.54) is 0 Å². The minimum absolute atomic E-state index is 0.214. The Balaban J connectivity index is 2.11. The molecule has 3 aromatic rings. The Hall–Kier alpha value is -3.32. The zero-order chi connectivity index (χ0) is 15.5. The van der Waals surface area contributed by atoms with Crippen molar-refractivity contribution in [1.82, 2.24) is 4.57 Å². The van der Waals surface area contributed by atoms with Crippen LogP contribution in [0.2, 0.25) is 0 Å². The zero-order valence-corrected chi connectivity index (χ0v) is 11.6. The molecule has 0 spiro atoms. The van der Waals surface area contributed by atoms with E-state index in [0.29, 0.717) is 11.3 Å². The molecule has 1 heterocycles. The number of nitrogens with zero attached hydrogens (tertiary/aromatic N) is 2. The third-order valence-corrected chi connectivity index (χ3v) is 3.42. The van der Waals surface area contributed by atoms with Crippen LogP contribution < -0.4 is 0 Å². The van der Waals surface area contributed by atoms with Crippen LogP contribution in [0.25, 0.3) is 16.8 Å². The number of rotatable bonds is 3. The molecule has 1 N–H and O–H groups in total. The number of carboxylic acid groups (broad SMARTS) is 1. The van der Waals surface area contributed by atoms with E-state index < -0.39 is 5.97 Å². The van der Waals surface area contributed by atoms with Crippen molar-refractivity contribution in [1.29, 1.82) is 5.26 Å². The number of aromatic nitrogens is 1. The first-order valence-electron chi connectivity index (χ1n) is 6.70. The van der Waals surface area contributed by atoms with Gasteiger partial charge in [0.05, 0.1) is 11.1 Å². The summed E-state index contributed by atoms with van der Waals surface area (Å²) in [5.41, 5.74) is 3.24. The summed E-state index contributed by atoms with van der Waals surface area (Å²) in [6.07, 6.45) is 3.55. The molecule has 0 radical (unpaired) electrons. The second kappa shape index (κ2) is 5.58. The highest BCUT2D eigenvalue weighted by Gasteiger charge is 2.11. The van der Waals surface area contributed by atoms with Gasteiger partial charge in [-0.25, -0.2) is 4.79 Å². The Morgan fingerprint density at radius 2 is 1.82 bits per heavy atom. The van der Waals surface area contributed by atoms with E-state index in [9.17, 15) is 10.1 Å². The Bertz CT molecular complexity index is 874. The summed E-state index contributed by atoms with van der Waals surface area (Å²) in [5.74, 6) is -0.974. The molecule has 0 unspecified atom stereocenters. The second-order valence-corrected chi connectivity index (χ2v) is 4.83. The molecular weight excluding hydrogens is 276 g/mol. The van der Waals surface area contributed by atoms with Crippen LogP contribution in [-0.4, -0.2) is 15.6 Å². The summed E-state index contributed by atoms with van der Waals surface area (Å²) in [6.45, 7) is 0. The molecule has 22 heavy (non-hydrogen) atoms. The molecule has 0 aliphatic heterocycles. The maximum absolute atomic E-state index is 11.1. The van der Waals surface area contributed by atoms with Crippen LogP contribution in [0.5, 0.6) is 0 Å². The average Bonchev–Trinajstić information content (AvgIpc) is 3.00. The predicted molar refractivity (Wildman–Crippen MR) is 82.9 cm³/mol. The van der Waals surface area contributed by atoms with Gasteiger partial charge in [0, 0.05) is 23.6 Å². The molecule has 0 bridgehead atoms. The fourth-order valence-corrected chi connectivity index (χ4v) is 2.34. The van der Waals surface area contributed by atoms with Crippen molar-refractivity contribution < 1.29 is 9.90 Å². The minimum Gasteiger partial charge on any atom is -0.478 e. The van der Waals surface area contributed by atoms with Crippen LogP contribution in [0.15, 0.2) is 67.0 Å². The summed E-state index contributed by atoms with van der Waals surface area (Å²) in [5, 5.41) is 18.4. The first-order valence-corrected chi connectivity index (χ1v) is 6.70. The van der Waals surface area contributed by atoms with Crippen molar-refractivity contribution in [2.24, 2.45) is 0 Å². The number of carbonyl (C=O) groups is 1.